The standard InChI is InChI=1S/C15H16ClN5O2/c16-12-4-5-13(14(11-12)21(22)23)19-7-2-8-20(10-9-19)15-3-1-6-17-18-15/h1,3-6,11H,2,7-10H2. The Kier molecular flexibility index (Phi) is 4.57. The second-order valence-electron chi connectivity index (χ2n) is 5.30. The topological polar surface area (TPSA) is 75.4 Å². The summed E-state index contributed by atoms with van der Waals surface area (Å²) in [6, 6.07) is 8.60. The van der Waals surface area contributed by atoms with E-state index in [1.165, 1.54) is 6.07 Å². The second kappa shape index (κ2) is 6.78. The number of aromatic nitrogens is 2. The molecule has 0 saturated carbocycles. The fourth-order valence-corrected chi connectivity index (χ4v) is 2.93. The van der Waals surface area contributed by atoms with Crippen LogP contribution in [-0.2, 0) is 0 Å². The van der Waals surface area contributed by atoms with Crippen molar-refractivity contribution in [1.82, 2.24) is 10.2 Å². The van der Waals surface area contributed by atoms with Gasteiger partial charge in [-0.1, -0.05) is 11.6 Å². The zero-order valence-electron chi connectivity index (χ0n) is 12.4. The summed E-state index contributed by atoms with van der Waals surface area (Å²) in [6.07, 6.45) is 2.53. The Bertz CT molecular complexity index is 698. The van der Waals surface area contributed by atoms with Gasteiger partial charge in [-0.05, 0) is 30.7 Å². The molecule has 1 aromatic carbocycles. The van der Waals surface area contributed by atoms with E-state index in [9.17, 15) is 10.1 Å². The normalized spacial score (nSPS) is 15.3. The Morgan fingerprint density at radius 1 is 1.13 bits per heavy atom. The van der Waals surface area contributed by atoms with E-state index in [0.29, 0.717) is 17.3 Å². The summed E-state index contributed by atoms with van der Waals surface area (Å²) in [5.41, 5.74) is 0.658. The molecule has 0 aliphatic carbocycles. The number of benzene rings is 1. The van der Waals surface area contributed by atoms with Gasteiger partial charge in [0, 0.05) is 43.5 Å². The molecule has 23 heavy (non-hydrogen) atoms. The Hall–Kier alpha value is -2.41. The highest BCUT2D eigenvalue weighted by Gasteiger charge is 2.23. The molecule has 1 saturated heterocycles. The van der Waals surface area contributed by atoms with Crippen LogP contribution in [0.3, 0.4) is 0 Å². The van der Waals surface area contributed by atoms with E-state index in [0.717, 1.165) is 31.9 Å². The predicted molar refractivity (Wildman–Crippen MR) is 89.2 cm³/mol. The van der Waals surface area contributed by atoms with Crippen molar-refractivity contribution in [3.05, 3.63) is 51.7 Å². The average Bonchev–Trinajstić information content (AvgIpc) is 2.81. The van der Waals surface area contributed by atoms with Gasteiger partial charge >= 0.3 is 0 Å². The maximum Gasteiger partial charge on any atom is 0.294 e. The number of anilines is 2. The number of hydrogen-bond donors (Lipinski definition) is 0. The molecule has 2 aromatic rings. The van der Waals surface area contributed by atoms with Gasteiger partial charge in [-0.3, -0.25) is 10.1 Å². The smallest absolute Gasteiger partial charge is 0.294 e. The predicted octanol–water partition coefficient (Wildman–Crippen LogP) is 2.75. The third kappa shape index (κ3) is 3.50. The summed E-state index contributed by atoms with van der Waals surface area (Å²) in [5, 5.41) is 19.7. The summed E-state index contributed by atoms with van der Waals surface area (Å²) in [4.78, 5) is 15.1. The monoisotopic (exact) mass is 333 g/mol. The molecule has 1 aliphatic heterocycles. The molecule has 0 spiro atoms. The minimum atomic E-state index is -0.382. The van der Waals surface area contributed by atoms with E-state index in [1.54, 1.807) is 18.3 Å². The lowest BCUT2D eigenvalue weighted by molar-refractivity contribution is -0.384. The number of nitrogens with zero attached hydrogens (tertiary/aromatic N) is 5. The first kappa shape index (κ1) is 15.5. The molecule has 1 aromatic heterocycles. The Labute approximate surface area is 138 Å². The van der Waals surface area contributed by atoms with Crippen molar-refractivity contribution in [2.24, 2.45) is 0 Å². The van der Waals surface area contributed by atoms with E-state index in [1.807, 2.05) is 17.0 Å². The second-order valence-corrected chi connectivity index (χ2v) is 5.74. The maximum atomic E-state index is 11.3. The van der Waals surface area contributed by atoms with E-state index in [4.69, 9.17) is 11.6 Å². The minimum Gasteiger partial charge on any atom is -0.364 e. The Morgan fingerprint density at radius 3 is 2.65 bits per heavy atom. The quantitative estimate of drug-likeness (QED) is 0.635. The molecule has 0 bridgehead atoms. The summed E-state index contributed by atoms with van der Waals surface area (Å²) in [5.74, 6) is 0.833. The molecule has 0 unspecified atom stereocenters. The molecule has 2 heterocycles. The lowest BCUT2D eigenvalue weighted by Crippen LogP contribution is -2.31. The van der Waals surface area contributed by atoms with Crippen LogP contribution >= 0.6 is 11.6 Å². The van der Waals surface area contributed by atoms with Crippen LogP contribution in [0.25, 0.3) is 0 Å². The third-order valence-electron chi connectivity index (χ3n) is 3.85. The molecule has 120 valence electrons. The van der Waals surface area contributed by atoms with Gasteiger partial charge in [0.1, 0.15) is 5.69 Å². The lowest BCUT2D eigenvalue weighted by Gasteiger charge is -2.23. The first-order valence-electron chi connectivity index (χ1n) is 7.37. The molecule has 3 rings (SSSR count). The number of nitro benzene ring substituents is 1. The van der Waals surface area contributed by atoms with Crippen LogP contribution in [-0.4, -0.2) is 41.3 Å². The lowest BCUT2D eigenvalue weighted by atomic mass is 10.2. The summed E-state index contributed by atoms with van der Waals surface area (Å²) < 4.78 is 0. The highest BCUT2D eigenvalue weighted by Crippen LogP contribution is 2.31. The third-order valence-corrected chi connectivity index (χ3v) is 4.09. The molecule has 1 aliphatic rings. The summed E-state index contributed by atoms with van der Waals surface area (Å²) in [6.45, 7) is 3.01. The van der Waals surface area contributed by atoms with Crippen molar-refractivity contribution in [1.29, 1.82) is 0 Å². The number of halogens is 1. The molecule has 1 fully saturated rings. The largest absolute Gasteiger partial charge is 0.364 e. The van der Waals surface area contributed by atoms with E-state index in [2.05, 4.69) is 15.1 Å². The van der Waals surface area contributed by atoms with Gasteiger partial charge in [-0.2, -0.15) is 5.10 Å². The fraction of sp³-hybridized carbons (Fsp3) is 0.333. The van der Waals surface area contributed by atoms with Crippen molar-refractivity contribution >= 4 is 28.8 Å². The van der Waals surface area contributed by atoms with Gasteiger partial charge in [0.15, 0.2) is 5.82 Å². The number of rotatable bonds is 3. The van der Waals surface area contributed by atoms with Gasteiger partial charge < -0.3 is 9.80 Å². The van der Waals surface area contributed by atoms with Gasteiger partial charge in [-0.15, -0.1) is 5.10 Å². The highest BCUT2D eigenvalue weighted by molar-refractivity contribution is 6.30. The Balaban J connectivity index is 1.80. The molecular weight excluding hydrogens is 318 g/mol. The van der Waals surface area contributed by atoms with Crippen molar-refractivity contribution in [2.75, 3.05) is 36.0 Å². The van der Waals surface area contributed by atoms with Crippen molar-refractivity contribution in [3.8, 4) is 0 Å². The van der Waals surface area contributed by atoms with Crippen LogP contribution in [0.1, 0.15) is 6.42 Å². The SMILES string of the molecule is O=[N+]([O-])c1cc(Cl)ccc1N1CCCN(c2cccnn2)CC1. The van der Waals surface area contributed by atoms with Crippen LogP contribution in [0.15, 0.2) is 36.5 Å². The van der Waals surface area contributed by atoms with Crippen LogP contribution in [0.5, 0.6) is 0 Å². The van der Waals surface area contributed by atoms with E-state index in [-0.39, 0.29) is 10.6 Å². The fourth-order valence-electron chi connectivity index (χ4n) is 2.76. The van der Waals surface area contributed by atoms with Gasteiger partial charge in [0.2, 0.25) is 0 Å². The molecule has 7 nitrogen and oxygen atoms in total. The number of nitro groups is 1. The van der Waals surface area contributed by atoms with Crippen molar-refractivity contribution in [2.45, 2.75) is 6.42 Å². The molecule has 0 radical (unpaired) electrons. The average molecular weight is 334 g/mol. The molecular formula is C15H16ClN5O2. The maximum absolute atomic E-state index is 11.3. The number of hydrogen-bond acceptors (Lipinski definition) is 6. The summed E-state index contributed by atoms with van der Waals surface area (Å²) >= 11 is 5.89. The van der Waals surface area contributed by atoms with Gasteiger partial charge in [-0.25, -0.2) is 0 Å². The molecule has 0 atom stereocenters. The van der Waals surface area contributed by atoms with E-state index < -0.39 is 0 Å². The zero-order chi connectivity index (χ0) is 16.2. The minimum absolute atomic E-state index is 0.0467. The van der Waals surface area contributed by atoms with E-state index >= 15 is 0 Å². The van der Waals surface area contributed by atoms with Crippen LogP contribution in [0.2, 0.25) is 5.02 Å². The zero-order valence-corrected chi connectivity index (χ0v) is 13.2. The highest BCUT2D eigenvalue weighted by atomic mass is 35.5. The van der Waals surface area contributed by atoms with Crippen LogP contribution in [0.4, 0.5) is 17.2 Å². The van der Waals surface area contributed by atoms with Crippen molar-refractivity contribution in [3.63, 3.8) is 0 Å². The van der Waals surface area contributed by atoms with Crippen LogP contribution in [0, 0.1) is 10.1 Å². The van der Waals surface area contributed by atoms with Gasteiger partial charge in [0.05, 0.1) is 4.92 Å². The Morgan fingerprint density at radius 2 is 1.91 bits per heavy atom. The van der Waals surface area contributed by atoms with Crippen LogP contribution < -0.4 is 9.80 Å². The molecule has 0 amide bonds. The van der Waals surface area contributed by atoms with Crippen molar-refractivity contribution < 1.29 is 4.92 Å². The first-order valence-corrected chi connectivity index (χ1v) is 7.74. The summed E-state index contributed by atoms with van der Waals surface area (Å²) in [7, 11) is 0. The molecule has 8 heteroatoms. The first-order chi connectivity index (χ1) is 11.1. The molecule has 0 N–H and O–H groups in total. The van der Waals surface area contributed by atoms with Gasteiger partial charge in [0.25, 0.3) is 5.69 Å².